The van der Waals surface area contributed by atoms with Gasteiger partial charge in [0.15, 0.2) is 0 Å². The summed E-state index contributed by atoms with van der Waals surface area (Å²) in [6.07, 6.45) is 10.1. The molecular formula is C15H21N3S. The van der Waals surface area contributed by atoms with Crippen molar-refractivity contribution in [3.05, 3.63) is 39.6 Å². The number of hydrogen-bond donors (Lipinski definition) is 1. The second-order valence-electron chi connectivity index (χ2n) is 5.26. The van der Waals surface area contributed by atoms with Gasteiger partial charge in [0.05, 0.1) is 6.04 Å². The summed E-state index contributed by atoms with van der Waals surface area (Å²) in [4.78, 5) is 7.28. The predicted octanol–water partition coefficient (Wildman–Crippen LogP) is 3.28. The summed E-state index contributed by atoms with van der Waals surface area (Å²) in [5.74, 6) is 1.00. The minimum atomic E-state index is -0.0721. The van der Waals surface area contributed by atoms with Gasteiger partial charge in [0.1, 0.15) is 5.82 Å². The number of hydrogen-bond acceptors (Lipinski definition) is 3. The second-order valence-corrected chi connectivity index (χ2v) is 6.43. The van der Waals surface area contributed by atoms with Crippen molar-refractivity contribution in [1.29, 1.82) is 0 Å². The molecule has 1 atom stereocenters. The highest BCUT2D eigenvalue weighted by molar-refractivity contribution is 7.12. The van der Waals surface area contributed by atoms with Crippen LogP contribution in [0.25, 0.3) is 0 Å². The van der Waals surface area contributed by atoms with Gasteiger partial charge in [-0.2, -0.15) is 0 Å². The molecule has 0 saturated carbocycles. The van der Waals surface area contributed by atoms with Crippen molar-refractivity contribution in [3.63, 3.8) is 0 Å². The molecule has 0 saturated heterocycles. The molecule has 2 N–H and O–H groups in total. The van der Waals surface area contributed by atoms with Crippen LogP contribution in [0.4, 0.5) is 0 Å². The smallest absolute Gasteiger partial charge is 0.131 e. The molecule has 3 rings (SSSR count). The largest absolute Gasteiger partial charge is 0.333 e. The van der Waals surface area contributed by atoms with Gasteiger partial charge in [0.25, 0.3) is 0 Å². The van der Waals surface area contributed by atoms with E-state index < -0.39 is 0 Å². The molecule has 2 aromatic rings. The average Bonchev–Trinajstić information content (AvgIpc) is 3.04. The van der Waals surface area contributed by atoms with Gasteiger partial charge in [-0.05, 0) is 43.7 Å². The Labute approximate surface area is 118 Å². The van der Waals surface area contributed by atoms with E-state index in [0.717, 1.165) is 18.8 Å². The Hall–Kier alpha value is -1.13. The van der Waals surface area contributed by atoms with Gasteiger partial charge in [0, 0.05) is 28.7 Å². The van der Waals surface area contributed by atoms with E-state index in [1.54, 1.807) is 4.88 Å². The van der Waals surface area contributed by atoms with E-state index in [2.05, 4.69) is 22.5 Å². The normalized spacial score (nSPS) is 16.3. The van der Waals surface area contributed by atoms with Crippen molar-refractivity contribution in [3.8, 4) is 0 Å². The van der Waals surface area contributed by atoms with E-state index in [1.165, 1.54) is 36.1 Å². The monoisotopic (exact) mass is 275 g/mol. The van der Waals surface area contributed by atoms with Crippen LogP contribution in [0.2, 0.25) is 0 Å². The summed E-state index contributed by atoms with van der Waals surface area (Å²) < 4.78 is 2.18. The summed E-state index contributed by atoms with van der Waals surface area (Å²) in [7, 11) is 0. The first kappa shape index (κ1) is 12.9. The lowest BCUT2D eigenvalue weighted by Crippen LogP contribution is -2.16. The maximum absolute atomic E-state index is 6.43. The highest BCUT2D eigenvalue weighted by Crippen LogP contribution is 2.33. The highest BCUT2D eigenvalue weighted by atomic mass is 32.1. The Morgan fingerprint density at radius 1 is 1.42 bits per heavy atom. The van der Waals surface area contributed by atoms with Crippen LogP contribution in [0.1, 0.15) is 53.4 Å². The second kappa shape index (κ2) is 5.47. The highest BCUT2D eigenvalue weighted by Gasteiger charge is 2.20. The molecule has 1 aliphatic carbocycles. The van der Waals surface area contributed by atoms with Gasteiger partial charge < -0.3 is 10.3 Å². The molecule has 102 valence electrons. The zero-order chi connectivity index (χ0) is 13.2. The third kappa shape index (κ3) is 2.47. The first-order valence-corrected chi connectivity index (χ1v) is 7.99. The number of rotatable bonds is 4. The van der Waals surface area contributed by atoms with Crippen LogP contribution >= 0.6 is 11.3 Å². The van der Waals surface area contributed by atoms with Crippen molar-refractivity contribution in [1.82, 2.24) is 9.55 Å². The molecule has 2 aromatic heterocycles. The van der Waals surface area contributed by atoms with Gasteiger partial charge >= 0.3 is 0 Å². The SMILES string of the molecule is CCCn1ccnc1C(N)c1cc2c(s1)CCCC2. The molecule has 2 heterocycles. The molecule has 0 aromatic carbocycles. The average molecular weight is 275 g/mol. The van der Waals surface area contributed by atoms with Gasteiger partial charge in [-0.25, -0.2) is 4.98 Å². The van der Waals surface area contributed by atoms with E-state index in [1.807, 2.05) is 23.7 Å². The number of aryl methyl sites for hydroxylation is 3. The maximum atomic E-state index is 6.43. The zero-order valence-corrected chi connectivity index (χ0v) is 12.2. The molecule has 4 heteroatoms. The maximum Gasteiger partial charge on any atom is 0.131 e. The number of fused-ring (bicyclic) bond motifs is 1. The Morgan fingerprint density at radius 3 is 3.05 bits per heavy atom. The lowest BCUT2D eigenvalue weighted by molar-refractivity contribution is 0.615. The van der Waals surface area contributed by atoms with Gasteiger partial charge in [-0.1, -0.05) is 6.92 Å². The van der Waals surface area contributed by atoms with Gasteiger partial charge in [0.2, 0.25) is 0 Å². The fraction of sp³-hybridized carbons (Fsp3) is 0.533. The van der Waals surface area contributed by atoms with Crippen molar-refractivity contribution < 1.29 is 0 Å². The van der Waals surface area contributed by atoms with Crippen LogP contribution in [-0.2, 0) is 19.4 Å². The van der Waals surface area contributed by atoms with Crippen LogP contribution in [0.3, 0.4) is 0 Å². The molecular weight excluding hydrogens is 254 g/mol. The summed E-state index contributed by atoms with van der Waals surface area (Å²) >= 11 is 1.89. The van der Waals surface area contributed by atoms with E-state index >= 15 is 0 Å². The van der Waals surface area contributed by atoms with E-state index in [9.17, 15) is 0 Å². The molecule has 1 aliphatic rings. The Kier molecular flexibility index (Phi) is 3.71. The molecule has 1 unspecified atom stereocenters. The summed E-state index contributed by atoms with van der Waals surface area (Å²) in [6.45, 7) is 3.17. The fourth-order valence-electron chi connectivity index (χ4n) is 2.82. The van der Waals surface area contributed by atoms with Crippen LogP contribution in [-0.4, -0.2) is 9.55 Å². The number of nitrogens with two attached hydrogens (primary N) is 1. The first-order chi connectivity index (χ1) is 9.29. The molecule has 0 fully saturated rings. The number of thiophene rings is 1. The Bertz CT molecular complexity index is 532. The molecule has 3 nitrogen and oxygen atoms in total. The topological polar surface area (TPSA) is 43.8 Å². The van der Waals surface area contributed by atoms with Crippen LogP contribution in [0, 0.1) is 0 Å². The van der Waals surface area contributed by atoms with E-state index in [-0.39, 0.29) is 6.04 Å². The summed E-state index contributed by atoms with van der Waals surface area (Å²) in [5.41, 5.74) is 7.95. The zero-order valence-electron chi connectivity index (χ0n) is 11.4. The predicted molar refractivity (Wildman–Crippen MR) is 79.5 cm³/mol. The fourth-order valence-corrected chi connectivity index (χ4v) is 4.08. The van der Waals surface area contributed by atoms with Crippen LogP contribution in [0.15, 0.2) is 18.5 Å². The molecule has 0 bridgehead atoms. The number of imidazole rings is 1. The first-order valence-electron chi connectivity index (χ1n) is 7.17. The molecule has 19 heavy (non-hydrogen) atoms. The number of nitrogens with zero attached hydrogens (tertiary/aromatic N) is 2. The molecule has 0 amide bonds. The van der Waals surface area contributed by atoms with E-state index in [4.69, 9.17) is 5.73 Å². The van der Waals surface area contributed by atoms with Gasteiger partial charge in [-0.15, -0.1) is 11.3 Å². The number of aromatic nitrogens is 2. The lowest BCUT2D eigenvalue weighted by atomic mass is 9.99. The quantitative estimate of drug-likeness (QED) is 0.930. The van der Waals surface area contributed by atoms with E-state index in [0.29, 0.717) is 0 Å². The minimum absolute atomic E-state index is 0.0721. The van der Waals surface area contributed by atoms with Gasteiger partial charge in [-0.3, -0.25) is 0 Å². The standard InChI is InChI=1S/C15H21N3S/c1-2-8-18-9-7-17-15(18)14(16)13-10-11-5-3-4-6-12(11)19-13/h7,9-10,14H,2-6,8,16H2,1H3. The van der Waals surface area contributed by atoms with Crippen LogP contribution in [0.5, 0.6) is 0 Å². The molecule has 0 radical (unpaired) electrons. The summed E-state index contributed by atoms with van der Waals surface area (Å²) in [5, 5.41) is 0. The van der Waals surface area contributed by atoms with Crippen molar-refractivity contribution in [2.24, 2.45) is 5.73 Å². The Balaban J connectivity index is 1.88. The van der Waals surface area contributed by atoms with Crippen molar-refractivity contribution in [2.75, 3.05) is 0 Å². The third-order valence-electron chi connectivity index (χ3n) is 3.81. The lowest BCUT2D eigenvalue weighted by Gasteiger charge is -2.12. The Morgan fingerprint density at radius 2 is 2.26 bits per heavy atom. The van der Waals surface area contributed by atoms with Crippen LogP contribution < -0.4 is 5.73 Å². The minimum Gasteiger partial charge on any atom is -0.333 e. The molecule has 0 aliphatic heterocycles. The van der Waals surface area contributed by atoms with Crippen molar-refractivity contribution in [2.45, 2.75) is 51.6 Å². The summed E-state index contributed by atoms with van der Waals surface area (Å²) in [6, 6.07) is 2.24. The molecule has 0 spiro atoms. The third-order valence-corrected chi connectivity index (χ3v) is 5.13. The van der Waals surface area contributed by atoms with Crippen molar-refractivity contribution >= 4 is 11.3 Å².